The molecule has 0 spiro atoms. The van der Waals surface area contributed by atoms with Crippen LogP contribution in [0.1, 0.15) is 16.0 Å². The highest BCUT2D eigenvalue weighted by molar-refractivity contribution is 7.10. The van der Waals surface area contributed by atoms with Gasteiger partial charge >= 0.3 is 0 Å². The number of benzene rings is 1. The Kier molecular flexibility index (Phi) is 2.53. The Labute approximate surface area is 94.6 Å². The molecule has 0 fully saturated rings. The summed E-state index contributed by atoms with van der Waals surface area (Å²) in [7, 11) is 0. The van der Waals surface area contributed by atoms with Crippen molar-refractivity contribution in [2.45, 2.75) is 20.8 Å². The normalized spacial score (nSPS) is 10.6. The fraction of sp³-hybridized carbons (Fsp3) is 0.231. The summed E-state index contributed by atoms with van der Waals surface area (Å²) in [5.41, 5.74) is 11.8. The maximum atomic E-state index is 5.97. The molecular formula is C13H15NS. The van der Waals surface area contributed by atoms with Crippen LogP contribution in [0.5, 0.6) is 0 Å². The maximum Gasteiger partial charge on any atom is 0.0352 e. The summed E-state index contributed by atoms with van der Waals surface area (Å²) >= 11 is 1.77. The third-order valence-corrected chi connectivity index (χ3v) is 3.63. The van der Waals surface area contributed by atoms with E-state index in [1.165, 1.54) is 27.1 Å². The Morgan fingerprint density at radius 1 is 1.00 bits per heavy atom. The first-order valence-corrected chi connectivity index (χ1v) is 5.88. The molecule has 1 nitrogen and oxygen atoms in total. The van der Waals surface area contributed by atoms with Crippen molar-refractivity contribution in [2.24, 2.45) is 0 Å². The van der Waals surface area contributed by atoms with E-state index in [4.69, 9.17) is 5.73 Å². The van der Waals surface area contributed by atoms with Gasteiger partial charge in [-0.3, -0.25) is 0 Å². The van der Waals surface area contributed by atoms with Crippen molar-refractivity contribution < 1.29 is 0 Å². The Bertz CT molecular complexity index is 474. The summed E-state index contributed by atoms with van der Waals surface area (Å²) in [6.07, 6.45) is 0. The highest BCUT2D eigenvalue weighted by Crippen LogP contribution is 2.29. The van der Waals surface area contributed by atoms with Crippen LogP contribution in [0.4, 0.5) is 5.69 Å². The van der Waals surface area contributed by atoms with Gasteiger partial charge in [0.05, 0.1) is 0 Å². The maximum absolute atomic E-state index is 5.97. The second-order valence-corrected chi connectivity index (χ2v) is 5.07. The number of rotatable bonds is 1. The van der Waals surface area contributed by atoms with E-state index < -0.39 is 0 Å². The molecule has 0 saturated carbocycles. The summed E-state index contributed by atoms with van der Waals surface area (Å²) in [6, 6.07) is 6.46. The standard InChI is InChI=1S/C13H15NS/c1-8-4-11(6-13(14)10(8)3)12-5-9(2)15-7-12/h4-7H,14H2,1-3H3. The average molecular weight is 217 g/mol. The van der Waals surface area contributed by atoms with Crippen LogP contribution in [0, 0.1) is 20.8 Å². The molecule has 0 aliphatic heterocycles. The lowest BCUT2D eigenvalue weighted by molar-refractivity contribution is 1.35. The molecule has 2 rings (SSSR count). The van der Waals surface area contributed by atoms with Crippen molar-refractivity contribution in [2.75, 3.05) is 5.73 Å². The minimum atomic E-state index is 0.883. The van der Waals surface area contributed by atoms with Gasteiger partial charge in [0.1, 0.15) is 0 Å². The number of anilines is 1. The first-order valence-electron chi connectivity index (χ1n) is 5.00. The van der Waals surface area contributed by atoms with Crippen molar-refractivity contribution in [3.63, 3.8) is 0 Å². The zero-order valence-corrected chi connectivity index (χ0v) is 10.1. The summed E-state index contributed by atoms with van der Waals surface area (Å²) in [5, 5.41) is 2.18. The predicted octanol–water partition coefficient (Wildman–Crippen LogP) is 3.92. The molecule has 78 valence electrons. The molecule has 1 aromatic carbocycles. The third kappa shape index (κ3) is 1.90. The molecule has 2 aromatic rings. The number of nitrogen functional groups attached to an aromatic ring is 1. The molecule has 0 bridgehead atoms. The number of hydrogen-bond donors (Lipinski definition) is 1. The van der Waals surface area contributed by atoms with Gasteiger partial charge in [-0.25, -0.2) is 0 Å². The van der Waals surface area contributed by atoms with Gasteiger partial charge in [0.2, 0.25) is 0 Å². The average Bonchev–Trinajstić information content (AvgIpc) is 2.60. The molecule has 1 heterocycles. The fourth-order valence-electron chi connectivity index (χ4n) is 1.65. The molecule has 0 atom stereocenters. The van der Waals surface area contributed by atoms with Crippen LogP contribution in [0.2, 0.25) is 0 Å². The second-order valence-electron chi connectivity index (χ2n) is 3.95. The Hall–Kier alpha value is -1.28. The minimum absolute atomic E-state index is 0.883. The van der Waals surface area contributed by atoms with E-state index in [-0.39, 0.29) is 0 Å². The van der Waals surface area contributed by atoms with Crippen LogP contribution in [0.3, 0.4) is 0 Å². The van der Waals surface area contributed by atoms with Gasteiger partial charge in [0.25, 0.3) is 0 Å². The minimum Gasteiger partial charge on any atom is -0.398 e. The predicted molar refractivity (Wildman–Crippen MR) is 68.4 cm³/mol. The van der Waals surface area contributed by atoms with Crippen LogP contribution in [0.25, 0.3) is 11.1 Å². The quantitative estimate of drug-likeness (QED) is 0.720. The number of aryl methyl sites for hydroxylation is 2. The molecule has 0 unspecified atom stereocenters. The Balaban J connectivity index is 2.55. The van der Waals surface area contributed by atoms with Crippen LogP contribution in [-0.4, -0.2) is 0 Å². The van der Waals surface area contributed by atoms with E-state index in [9.17, 15) is 0 Å². The largest absolute Gasteiger partial charge is 0.398 e. The monoisotopic (exact) mass is 217 g/mol. The number of hydrogen-bond acceptors (Lipinski definition) is 2. The molecule has 0 amide bonds. The summed E-state index contributed by atoms with van der Waals surface area (Å²) in [5.74, 6) is 0. The smallest absolute Gasteiger partial charge is 0.0352 e. The van der Waals surface area contributed by atoms with E-state index in [2.05, 4.69) is 44.4 Å². The summed E-state index contributed by atoms with van der Waals surface area (Å²) in [6.45, 7) is 6.29. The topological polar surface area (TPSA) is 26.0 Å². The van der Waals surface area contributed by atoms with E-state index in [0.29, 0.717) is 0 Å². The SMILES string of the molecule is Cc1cc(-c2cc(C)c(C)c(N)c2)cs1. The van der Waals surface area contributed by atoms with Gasteiger partial charge in [0.15, 0.2) is 0 Å². The van der Waals surface area contributed by atoms with Gasteiger partial charge in [-0.2, -0.15) is 0 Å². The van der Waals surface area contributed by atoms with Crippen molar-refractivity contribution in [3.05, 3.63) is 39.6 Å². The van der Waals surface area contributed by atoms with Crippen molar-refractivity contribution >= 4 is 17.0 Å². The van der Waals surface area contributed by atoms with Crippen molar-refractivity contribution in [1.29, 1.82) is 0 Å². The molecule has 15 heavy (non-hydrogen) atoms. The zero-order chi connectivity index (χ0) is 11.0. The highest BCUT2D eigenvalue weighted by atomic mass is 32.1. The van der Waals surface area contributed by atoms with Gasteiger partial charge < -0.3 is 5.73 Å². The second kappa shape index (κ2) is 3.70. The van der Waals surface area contributed by atoms with E-state index >= 15 is 0 Å². The van der Waals surface area contributed by atoms with Gasteiger partial charge in [-0.05, 0) is 60.5 Å². The summed E-state index contributed by atoms with van der Waals surface area (Å²) in [4.78, 5) is 1.33. The molecule has 2 N–H and O–H groups in total. The first kappa shape index (κ1) is 10.2. The highest BCUT2D eigenvalue weighted by Gasteiger charge is 2.04. The molecule has 1 aromatic heterocycles. The van der Waals surface area contributed by atoms with Crippen LogP contribution in [0.15, 0.2) is 23.6 Å². The summed E-state index contributed by atoms with van der Waals surface area (Å²) < 4.78 is 0. The lowest BCUT2D eigenvalue weighted by atomic mass is 10.0. The van der Waals surface area contributed by atoms with E-state index in [0.717, 1.165) is 5.69 Å². The molecule has 0 saturated heterocycles. The van der Waals surface area contributed by atoms with Crippen molar-refractivity contribution in [1.82, 2.24) is 0 Å². The lowest BCUT2D eigenvalue weighted by Gasteiger charge is -2.07. The van der Waals surface area contributed by atoms with Gasteiger partial charge in [-0.1, -0.05) is 6.07 Å². The zero-order valence-electron chi connectivity index (χ0n) is 9.29. The number of thiophene rings is 1. The van der Waals surface area contributed by atoms with E-state index in [1.54, 1.807) is 11.3 Å². The van der Waals surface area contributed by atoms with Crippen LogP contribution < -0.4 is 5.73 Å². The van der Waals surface area contributed by atoms with Crippen LogP contribution in [-0.2, 0) is 0 Å². The van der Waals surface area contributed by atoms with Crippen LogP contribution >= 0.6 is 11.3 Å². The van der Waals surface area contributed by atoms with Crippen molar-refractivity contribution in [3.8, 4) is 11.1 Å². The lowest BCUT2D eigenvalue weighted by Crippen LogP contribution is -1.93. The Morgan fingerprint density at radius 2 is 1.73 bits per heavy atom. The van der Waals surface area contributed by atoms with Gasteiger partial charge in [0, 0.05) is 10.6 Å². The van der Waals surface area contributed by atoms with E-state index in [1.807, 2.05) is 0 Å². The molecular weight excluding hydrogens is 202 g/mol. The molecule has 0 radical (unpaired) electrons. The van der Waals surface area contributed by atoms with Gasteiger partial charge in [-0.15, -0.1) is 11.3 Å². The first-order chi connectivity index (χ1) is 7.08. The third-order valence-electron chi connectivity index (χ3n) is 2.77. The molecule has 0 aliphatic carbocycles. The molecule has 2 heteroatoms. The molecule has 0 aliphatic rings. The Morgan fingerprint density at radius 3 is 2.27 bits per heavy atom. The number of nitrogens with two attached hydrogens (primary N) is 1. The fourth-order valence-corrected chi connectivity index (χ4v) is 2.36.